The highest BCUT2D eigenvalue weighted by atomic mass is 16.5. The van der Waals surface area contributed by atoms with Crippen molar-refractivity contribution in [2.75, 3.05) is 13.7 Å². The molecule has 0 aromatic heterocycles. The van der Waals surface area contributed by atoms with Crippen LogP contribution in [0.3, 0.4) is 0 Å². The van der Waals surface area contributed by atoms with Gasteiger partial charge in [0.15, 0.2) is 0 Å². The summed E-state index contributed by atoms with van der Waals surface area (Å²) in [5, 5.41) is 9.18. The average Bonchev–Trinajstić information content (AvgIpc) is 2.36. The number of rotatable bonds is 1. The number of hydrogen-bond donors (Lipinski definition) is 1. The summed E-state index contributed by atoms with van der Waals surface area (Å²) in [6.07, 6.45) is -0.495. The molecule has 1 unspecified atom stereocenters. The van der Waals surface area contributed by atoms with E-state index < -0.39 is 18.0 Å². The van der Waals surface area contributed by atoms with Crippen molar-refractivity contribution in [3.05, 3.63) is 35.4 Å². The minimum atomic E-state index is -0.925. The van der Waals surface area contributed by atoms with E-state index in [-0.39, 0.29) is 6.54 Å². The molecule has 1 aromatic rings. The molecule has 0 spiro atoms. The quantitative estimate of drug-likeness (QED) is 0.799. The van der Waals surface area contributed by atoms with Crippen molar-refractivity contribution in [3.8, 4) is 0 Å². The fourth-order valence-corrected chi connectivity index (χ4v) is 2.09. The van der Waals surface area contributed by atoms with Gasteiger partial charge in [0.1, 0.15) is 0 Å². The van der Waals surface area contributed by atoms with Crippen molar-refractivity contribution >= 4 is 12.1 Å². The Hall–Kier alpha value is -2.04. The third-order valence-corrected chi connectivity index (χ3v) is 2.93. The first-order valence-electron chi connectivity index (χ1n) is 5.27. The van der Waals surface area contributed by atoms with Crippen LogP contribution in [0.25, 0.3) is 0 Å². The first-order chi connectivity index (χ1) is 8.13. The molecule has 1 aromatic carbocycles. The van der Waals surface area contributed by atoms with Crippen molar-refractivity contribution in [3.63, 3.8) is 0 Å². The molecule has 0 saturated carbocycles. The number of hydrogen-bond acceptors (Lipinski definition) is 3. The summed E-state index contributed by atoms with van der Waals surface area (Å²) in [7, 11) is 1.29. The van der Waals surface area contributed by atoms with Crippen LogP contribution in [0.1, 0.15) is 17.0 Å². The van der Waals surface area contributed by atoms with Gasteiger partial charge in [-0.2, -0.15) is 0 Å². The molecule has 0 saturated heterocycles. The molecule has 1 amide bonds. The van der Waals surface area contributed by atoms with Crippen molar-refractivity contribution < 1.29 is 19.4 Å². The molecule has 2 rings (SSSR count). The summed E-state index contributed by atoms with van der Waals surface area (Å²) >= 11 is 0. The zero-order chi connectivity index (χ0) is 12.4. The largest absolute Gasteiger partial charge is 0.481 e. The molecule has 5 nitrogen and oxygen atoms in total. The molecule has 17 heavy (non-hydrogen) atoms. The number of carbonyl (C=O) groups is 2. The van der Waals surface area contributed by atoms with Gasteiger partial charge in [0.2, 0.25) is 0 Å². The third-order valence-electron chi connectivity index (χ3n) is 2.93. The number of carboxylic acid groups (broad SMARTS) is 1. The zero-order valence-corrected chi connectivity index (χ0v) is 9.42. The highest BCUT2D eigenvalue weighted by Gasteiger charge is 2.32. The number of carboxylic acids is 1. The summed E-state index contributed by atoms with van der Waals surface area (Å²) in [6.45, 7) is 0.547. The first-order valence-corrected chi connectivity index (χ1v) is 5.27. The lowest BCUT2D eigenvalue weighted by atomic mass is 9.90. The van der Waals surface area contributed by atoms with E-state index in [4.69, 9.17) is 0 Å². The molecule has 1 atom stereocenters. The van der Waals surface area contributed by atoms with Gasteiger partial charge in [-0.3, -0.25) is 4.79 Å². The highest BCUT2D eigenvalue weighted by Crippen LogP contribution is 2.28. The molecule has 1 aliphatic rings. The summed E-state index contributed by atoms with van der Waals surface area (Å²) in [6, 6.07) is 7.27. The van der Waals surface area contributed by atoms with E-state index in [0.717, 1.165) is 11.1 Å². The summed E-state index contributed by atoms with van der Waals surface area (Å²) in [5.74, 6) is -1.61. The van der Waals surface area contributed by atoms with E-state index in [1.54, 1.807) is 6.07 Å². The lowest BCUT2D eigenvalue weighted by Gasteiger charge is -2.31. The third kappa shape index (κ3) is 2.08. The first kappa shape index (κ1) is 11.4. The second kappa shape index (κ2) is 4.45. The normalized spacial score (nSPS) is 18.4. The number of fused-ring (bicyclic) bond motifs is 1. The monoisotopic (exact) mass is 235 g/mol. The van der Waals surface area contributed by atoms with Gasteiger partial charge in [-0.25, -0.2) is 4.79 Å². The lowest BCUT2D eigenvalue weighted by molar-refractivity contribution is -0.139. The number of carbonyl (C=O) groups excluding carboxylic acids is 1. The molecule has 1 N–H and O–H groups in total. The van der Waals surface area contributed by atoms with Crippen LogP contribution in [0.2, 0.25) is 0 Å². The van der Waals surface area contributed by atoms with Crippen LogP contribution in [-0.2, 0) is 16.1 Å². The molecular formula is C12H13NO4. The van der Waals surface area contributed by atoms with Crippen molar-refractivity contribution in [1.82, 2.24) is 4.90 Å². The Bertz CT molecular complexity index is 458. The van der Waals surface area contributed by atoms with E-state index >= 15 is 0 Å². The van der Waals surface area contributed by atoms with Gasteiger partial charge in [0, 0.05) is 13.1 Å². The predicted octanol–water partition coefficient (Wildman–Crippen LogP) is 1.44. The summed E-state index contributed by atoms with van der Waals surface area (Å²) in [5.41, 5.74) is 1.64. The summed E-state index contributed by atoms with van der Waals surface area (Å²) in [4.78, 5) is 24.1. The van der Waals surface area contributed by atoms with Crippen LogP contribution in [-0.4, -0.2) is 35.7 Å². The number of benzene rings is 1. The molecule has 0 fully saturated rings. The van der Waals surface area contributed by atoms with Crippen molar-refractivity contribution in [2.24, 2.45) is 0 Å². The standard InChI is InChI=1S/C12H13NO4/c1-17-12(16)13-6-8-4-2-3-5-9(8)10(7-13)11(14)15/h2-5,10H,6-7H2,1H3,(H,14,15). The van der Waals surface area contributed by atoms with Crippen LogP contribution in [0.15, 0.2) is 24.3 Å². The van der Waals surface area contributed by atoms with Crippen LogP contribution in [0.5, 0.6) is 0 Å². The summed E-state index contributed by atoms with van der Waals surface area (Å²) < 4.78 is 4.63. The number of nitrogens with zero attached hydrogens (tertiary/aromatic N) is 1. The van der Waals surface area contributed by atoms with E-state index in [0.29, 0.717) is 6.54 Å². The van der Waals surface area contributed by atoms with Crippen LogP contribution >= 0.6 is 0 Å². The number of amides is 1. The Balaban J connectivity index is 2.36. The average molecular weight is 235 g/mol. The van der Waals surface area contributed by atoms with Crippen LogP contribution < -0.4 is 0 Å². The van der Waals surface area contributed by atoms with Crippen molar-refractivity contribution in [2.45, 2.75) is 12.5 Å². The smallest absolute Gasteiger partial charge is 0.409 e. The topological polar surface area (TPSA) is 66.8 Å². The molecule has 1 heterocycles. The maximum Gasteiger partial charge on any atom is 0.409 e. The van der Waals surface area contributed by atoms with E-state index in [9.17, 15) is 14.7 Å². The second-order valence-corrected chi connectivity index (χ2v) is 3.94. The Morgan fingerprint density at radius 1 is 1.41 bits per heavy atom. The molecule has 0 radical (unpaired) electrons. The number of aliphatic carboxylic acids is 1. The van der Waals surface area contributed by atoms with E-state index in [2.05, 4.69) is 4.74 Å². The van der Waals surface area contributed by atoms with Gasteiger partial charge in [0.25, 0.3) is 0 Å². The van der Waals surface area contributed by atoms with Crippen molar-refractivity contribution in [1.29, 1.82) is 0 Å². The molecular weight excluding hydrogens is 222 g/mol. The van der Waals surface area contributed by atoms with Gasteiger partial charge in [0.05, 0.1) is 13.0 Å². The van der Waals surface area contributed by atoms with Gasteiger partial charge in [-0.05, 0) is 11.1 Å². The fourth-order valence-electron chi connectivity index (χ4n) is 2.09. The van der Waals surface area contributed by atoms with Crippen LogP contribution in [0.4, 0.5) is 4.79 Å². The SMILES string of the molecule is COC(=O)N1Cc2ccccc2C(C(=O)O)C1. The van der Waals surface area contributed by atoms with E-state index in [1.807, 2.05) is 18.2 Å². The Kier molecular flexibility index (Phi) is 2.99. The fraction of sp³-hybridized carbons (Fsp3) is 0.333. The Labute approximate surface area is 98.6 Å². The number of ether oxygens (including phenoxy) is 1. The predicted molar refractivity (Wildman–Crippen MR) is 59.6 cm³/mol. The minimum absolute atomic E-state index is 0.152. The molecule has 0 bridgehead atoms. The molecule has 1 aliphatic heterocycles. The van der Waals surface area contributed by atoms with Gasteiger partial charge in [-0.15, -0.1) is 0 Å². The van der Waals surface area contributed by atoms with Gasteiger partial charge >= 0.3 is 12.1 Å². The zero-order valence-electron chi connectivity index (χ0n) is 9.42. The minimum Gasteiger partial charge on any atom is -0.481 e. The number of methoxy groups -OCH3 is 1. The second-order valence-electron chi connectivity index (χ2n) is 3.94. The molecule has 90 valence electrons. The lowest BCUT2D eigenvalue weighted by Crippen LogP contribution is -2.40. The van der Waals surface area contributed by atoms with E-state index in [1.165, 1.54) is 12.0 Å². The molecule has 5 heteroatoms. The van der Waals surface area contributed by atoms with Crippen LogP contribution in [0, 0.1) is 0 Å². The maximum atomic E-state index is 11.5. The highest BCUT2D eigenvalue weighted by molar-refractivity contribution is 5.79. The van der Waals surface area contributed by atoms with Gasteiger partial charge < -0.3 is 14.7 Å². The Morgan fingerprint density at radius 2 is 2.12 bits per heavy atom. The maximum absolute atomic E-state index is 11.5. The van der Waals surface area contributed by atoms with Gasteiger partial charge in [-0.1, -0.05) is 24.3 Å². The Morgan fingerprint density at radius 3 is 2.76 bits per heavy atom. The molecule has 0 aliphatic carbocycles.